The molecule has 0 aromatic heterocycles. The predicted molar refractivity (Wildman–Crippen MR) is 84.4 cm³/mol. The van der Waals surface area contributed by atoms with Gasteiger partial charge in [0.15, 0.2) is 0 Å². The second-order valence-corrected chi connectivity index (χ2v) is 7.97. The molecule has 20 heavy (non-hydrogen) atoms. The quantitative estimate of drug-likeness (QED) is 0.847. The van der Waals surface area contributed by atoms with E-state index in [9.17, 15) is 8.42 Å². The average molecular weight is 298 g/mol. The average Bonchev–Trinajstić information content (AvgIpc) is 2.26. The summed E-state index contributed by atoms with van der Waals surface area (Å²) in [4.78, 5) is 0. The molecule has 1 aromatic carbocycles. The van der Waals surface area contributed by atoms with Crippen LogP contribution in [-0.4, -0.2) is 26.8 Å². The Morgan fingerprint density at radius 2 is 1.85 bits per heavy atom. The summed E-state index contributed by atoms with van der Waals surface area (Å²) >= 11 is 0. The van der Waals surface area contributed by atoms with Gasteiger partial charge in [0.25, 0.3) is 0 Å². The van der Waals surface area contributed by atoms with Crippen LogP contribution in [0.1, 0.15) is 43.5 Å². The zero-order valence-electron chi connectivity index (χ0n) is 13.2. The van der Waals surface area contributed by atoms with Gasteiger partial charge in [0.1, 0.15) is 0 Å². The highest BCUT2D eigenvalue weighted by Gasteiger charge is 2.23. The van der Waals surface area contributed by atoms with Crippen molar-refractivity contribution in [3.8, 4) is 0 Å². The third-order valence-corrected chi connectivity index (χ3v) is 4.14. The summed E-state index contributed by atoms with van der Waals surface area (Å²) in [5, 5.41) is 3.40. The van der Waals surface area contributed by atoms with E-state index < -0.39 is 15.6 Å². The van der Waals surface area contributed by atoms with Crippen LogP contribution in [0.5, 0.6) is 0 Å². The van der Waals surface area contributed by atoms with Gasteiger partial charge in [-0.05, 0) is 45.7 Å². The standard InChI is InChI=1S/C15H26N2O2S/c1-11-7-8-12(2)14(9-11)13(3)16-10-15(4,5)17-20(6,18)19/h7-9,13,16-17H,10H2,1-6H3. The minimum absolute atomic E-state index is 0.176. The molecule has 0 saturated carbocycles. The molecule has 0 aliphatic heterocycles. The van der Waals surface area contributed by atoms with Crippen LogP contribution >= 0.6 is 0 Å². The van der Waals surface area contributed by atoms with Gasteiger partial charge < -0.3 is 5.32 Å². The van der Waals surface area contributed by atoms with Crippen molar-refractivity contribution in [1.82, 2.24) is 10.0 Å². The largest absolute Gasteiger partial charge is 0.308 e. The van der Waals surface area contributed by atoms with E-state index >= 15 is 0 Å². The number of nitrogens with one attached hydrogen (secondary N) is 2. The van der Waals surface area contributed by atoms with E-state index in [1.54, 1.807) is 0 Å². The minimum Gasteiger partial charge on any atom is -0.308 e. The molecule has 0 fully saturated rings. The fourth-order valence-corrected chi connectivity index (χ4v) is 3.36. The van der Waals surface area contributed by atoms with Gasteiger partial charge in [-0.25, -0.2) is 13.1 Å². The van der Waals surface area contributed by atoms with E-state index in [2.05, 4.69) is 49.0 Å². The van der Waals surface area contributed by atoms with Crippen LogP contribution in [0.4, 0.5) is 0 Å². The molecule has 114 valence electrons. The van der Waals surface area contributed by atoms with E-state index in [1.807, 2.05) is 13.8 Å². The molecule has 1 unspecified atom stereocenters. The summed E-state index contributed by atoms with van der Waals surface area (Å²) in [7, 11) is -3.20. The molecule has 0 amide bonds. The van der Waals surface area contributed by atoms with E-state index in [0.29, 0.717) is 6.54 Å². The first kappa shape index (κ1) is 17.1. The van der Waals surface area contributed by atoms with Crippen LogP contribution in [0.25, 0.3) is 0 Å². The van der Waals surface area contributed by atoms with Gasteiger partial charge in [-0.3, -0.25) is 0 Å². The van der Waals surface area contributed by atoms with Crippen LogP contribution in [0.3, 0.4) is 0 Å². The van der Waals surface area contributed by atoms with E-state index in [-0.39, 0.29) is 6.04 Å². The third kappa shape index (κ3) is 5.61. The normalized spacial score (nSPS) is 14.3. The summed E-state index contributed by atoms with van der Waals surface area (Å²) in [6.45, 7) is 10.6. The van der Waals surface area contributed by atoms with Crippen LogP contribution in [0.15, 0.2) is 18.2 Å². The Morgan fingerprint density at radius 3 is 2.40 bits per heavy atom. The number of hydrogen-bond donors (Lipinski definition) is 2. The molecule has 4 nitrogen and oxygen atoms in total. The summed E-state index contributed by atoms with van der Waals surface area (Å²) < 4.78 is 25.3. The Hall–Kier alpha value is -0.910. The van der Waals surface area contributed by atoms with E-state index in [0.717, 1.165) is 0 Å². The molecule has 1 rings (SSSR count). The monoisotopic (exact) mass is 298 g/mol. The van der Waals surface area contributed by atoms with Gasteiger partial charge in [-0.1, -0.05) is 23.8 Å². The van der Waals surface area contributed by atoms with Crippen LogP contribution in [0, 0.1) is 13.8 Å². The van der Waals surface area contributed by atoms with Crippen molar-refractivity contribution < 1.29 is 8.42 Å². The van der Waals surface area contributed by atoms with Gasteiger partial charge >= 0.3 is 0 Å². The SMILES string of the molecule is Cc1ccc(C)c(C(C)NCC(C)(C)NS(C)(=O)=O)c1. The maximum absolute atomic E-state index is 11.3. The molecule has 1 atom stereocenters. The molecular formula is C15H26N2O2S. The molecule has 0 heterocycles. The highest BCUT2D eigenvalue weighted by Crippen LogP contribution is 2.19. The van der Waals surface area contributed by atoms with Crippen LogP contribution in [-0.2, 0) is 10.0 Å². The summed E-state index contributed by atoms with van der Waals surface area (Å²) in [5.41, 5.74) is 3.21. The molecule has 0 aliphatic carbocycles. The van der Waals surface area contributed by atoms with Crippen molar-refractivity contribution in [2.24, 2.45) is 0 Å². The van der Waals surface area contributed by atoms with Crippen LogP contribution < -0.4 is 10.0 Å². The van der Waals surface area contributed by atoms with Gasteiger partial charge in [-0.15, -0.1) is 0 Å². The van der Waals surface area contributed by atoms with Crippen LogP contribution in [0.2, 0.25) is 0 Å². The van der Waals surface area contributed by atoms with Gasteiger partial charge in [0.2, 0.25) is 10.0 Å². The second kappa shape index (κ2) is 6.24. The zero-order valence-corrected chi connectivity index (χ0v) is 14.1. The molecular weight excluding hydrogens is 272 g/mol. The number of benzene rings is 1. The molecule has 0 aliphatic rings. The first-order chi connectivity index (χ1) is 9.00. The van der Waals surface area contributed by atoms with E-state index in [1.165, 1.54) is 22.9 Å². The Labute approximate surface area is 123 Å². The maximum Gasteiger partial charge on any atom is 0.209 e. The van der Waals surface area contributed by atoms with Gasteiger partial charge in [-0.2, -0.15) is 0 Å². The predicted octanol–water partition coefficient (Wildman–Crippen LogP) is 2.28. The van der Waals surface area contributed by atoms with Gasteiger partial charge in [0, 0.05) is 18.1 Å². The highest BCUT2D eigenvalue weighted by atomic mass is 32.2. The number of sulfonamides is 1. The lowest BCUT2D eigenvalue weighted by Crippen LogP contribution is -2.50. The molecule has 5 heteroatoms. The Morgan fingerprint density at radius 1 is 1.25 bits per heavy atom. The first-order valence-electron chi connectivity index (χ1n) is 6.80. The lowest BCUT2D eigenvalue weighted by Gasteiger charge is -2.28. The molecule has 0 radical (unpaired) electrons. The van der Waals surface area contributed by atoms with Crippen molar-refractivity contribution in [2.75, 3.05) is 12.8 Å². The Kier molecular flexibility index (Phi) is 5.35. The topological polar surface area (TPSA) is 58.2 Å². The van der Waals surface area contributed by atoms with Crippen molar-refractivity contribution in [2.45, 2.75) is 46.2 Å². The summed E-state index contributed by atoms with van der Waals surface area (Å²) in [6, 6.07) is 6.56. The number of hydrogen-bond acceptors (Lipinski definition) is 3. The van der Waals surface area contributed by atoms with E-state index in [4.69, 9.17) is 0 Å². The van der Waals surface area contributed by atoms with Crippen molar-refractivity contribution >= 4 is 10.0 Å². The Bertz CT molecular complexity index is 565. The smallest absolute Gasteiger partial charge is 0.209 e. The summed E-state index contributed by atoms with van der Waals surface area (Å²) in [6.07, 6.45) is 1.18. The summed E-state index contributed by atoms with van der Waals surface area (Å²) in [5.74, 6) is 0. The number of aryl methyl sites for hydroxylation is 2. The lowest BCUT2D eigenvalue weighted by molar-refractivity contribution is 0.398. The molecule has 0 saturated heterocycles. The fourth-order valence-electron chi connectivity index (χ4n) is 2.28. The maximum atomic E-state index is 11.3. The third-order valence-electron chi connectivity index (χ3n) is 3.21. The highest BCUT2D eigenvalue weighted by molar-refractivity contribution is 7.88. The Balaban J connectivity index is 2.72. The van der Waals surface area contributed by atoms with Crippen molar-refractivity contribution in [3.05, 3.63) is 34.9 Å². The lowest BCUT2D eigenvalue weighted by atomic mass is 9.99. The van der Waals surface area contributed by atoms with Crippen molar-refractivity contribution in [3.63, 3.8) is 0 Å². The molecule has 0 spiro atoms. The number of rotatable bonds is 6. The fraction of sp³-hybridized carbons (Fsp3) is 0.600. The molecule has 1 aromatic rings. The second-order valence-electron chi connectivity index (χ2n) is 6.22. The zero-order chi connectivity index (χ0) is 15.6. The van der Waals surface area contributed by atoms with Crippen molar-refractivity contribution in [1.29, 1.82) is 0 Å². The minimum atomic E-state index is -3.20. The molecule has 0 bridgehead atoms. The first-order valence-corrected chi connectivity index (χ1v) is 8.69. The van der Waals surface area contributed by atoms with Gasteiger partial charge in [0.05, 0.1) is 6.26 Å². The molecule has 2 N–H and O–H groups in total.